The van der Waals surface area contributed by atoms with Gasteiger partial charge in [0.25, 0.3) is 11.8 Å². The van der Waals surface area contributed by atoms with E-state index >= 15 is 4.79 Å². The largest absolute Gasteiger partial charge is 0.494 e. The van der Waals surface area contributed by atoms with Gasteiger partial charge < -0.3 is 14.1 Å². The molecule has 222 valence electrons. The van der Waals surface area contributed by atoms with E-state index < -0.39 is 22.8 Å². The van der Waals surface area contributed by atoms with Gasteiger partial charge in [-0.15, -0.1) is 0 Å². The number of rotatable bonds is 5. The summed E-state index contributed by atoms with van der Waals surface area (Å²) >= 11 is 7.56. The predicted molar refractivity (Wildman–Crippen MR) is 175 cm³/mol. The predicted octanol–water partition coefficient (Wildman–Crippen LogP) is 7.21. The molecule has 4 heterocycles. The lowest BCUT2D eigenvalue weighted by Gasteiger charge is -2.32. The van der Waals surface area contributed by atoms with Crippen LogP contribution in [0.1, 0.15) is 39.7 Å². The van der Waals surface area contributed by atoms with Gasteiger partial charge in [0, 0.05) is 10.6 Å². The maximum Gasteiger partial charge on any atom is 0.297 e. The van der Waals surface area contributed by atoms with Gasteiger partial charge in [0.05, 0.1) is 40.0 Å². The van der Waals surface area contributed by atoms with E-state index in [2.05, 4.69) is 0 Å². The first-order valence-electron chi connectivity index (χ1n) is 14.4. The van der Waals surface area contributed by atoms with Crippen LogP contribution in [0.25, 0.3) is 21.2 Å². The van der Waals surface area contributed by atoms with Gasteiger partial charge in [-0.25, -0.2) is 4.98 Å². The molecule has 0 saturated heterocycles. The highest BCUT2D eigenvalue weighted by Gasteiger charge is 2.66. The van der Waals surface area contributed by atoms with E-state index in [0.717, 1.165) is 15.8 Å². The van der Waals surface area contributed by atoms with Crippen molar-refractivity contribution in [3.05, 3.63) is 128 Å². The number of carbonyl (C=O) groups excluding carboxylic acids is 2. The summed E-state index contributed by atoms with van der Waals surface area (Å²) in [6, 6.07) is 25.2. The summed E-state index contributed by atoms with van der Waals surface area (Å²) in [5, 5.41) is 0.779. The zero-order valence-corrected chi connectivity index (χ0v) is 25.7. The summed E-state index contributed by atoms with van der Waals surface area (Å²) in [5.74, 6) is -0.589. The topological polar surface area (TPSA) is 93.0 Å². The first-order valence-corrected chi connectivity index (χ1v) is 15.6. The Morgan fingerprint density at radius 2 is 1.78 bits per heavy atom. The number of amides is 2. The molecule has 1 atom stereocenters. The van der Waals surface area contributed by atoms with Gasteiger partial charge in [-0.05, 0) is 67.4 Å². The Labute approximate surface area is 266 Å². The minimum absolute atomic E-state index is 0.0405. The molecule has 2 amide bonds. The Balaban J connectivity index is 1.43. The number of benzene rings is 4. The molecule has 0 saturated carbocycles. The summed E-state index contributed by atoms with van der Waals surface area (Å²) < 4.78 is 12.7. The molecule has 8 nitrogen and oxygen atoms in total. The van der Waals surface area contributed by atoms with Gasteiger partial charge in [-0.3, -0.25) is 19.3 Å². The number of aromatic nitrogens is 1. The monoisotopic (exact) mass is 633 g/mol. The minimum Gasteiger partial charge on any atom is -0.494 e. The van der Waals surface area contributed by atoms with Crippen molar-refractivity contribution in [1.82, 2.24) is 4.98 Å². The first kappa shape index (κ1) is 27.6. The minimum atomic E-state index is -1.86. The molecule has 2 aliphatic heterocycles. The summed E-state index contributed by atoms with van der Waals surface area (Å²) in [6.07, 6.45) is 0. The van der Waals surface area contributed by atoms with Crippen LogP contribution in [-0.4, -0.2) is 23.4 Å². The average Bonchev–Trinajstić information content (AvgIpc) is 3.64. The molecule has 4 aromatic carbocycles. The number of nitrogens with zero attached hydrogens (tertiary/aromatic N) is 3. The molecule has 2 aliphatic rings. The van der Waals surface area contributed by atoms with E-state index in [1.807, 2.05) is 68.4 Å². The number of anilines is 2. The number of hydrogen-bond acceptors (Lipinski definition) is 7. The highest BCUT2D eigenvalue weighted by atomic mass is 35.5. The van der Waals surface area contributed by atoms with Crippen molar-refractivity contribution in [2.75, 3.05) is 16.4 Å². The molecule has 0 N–H and O–H groups in total. The second-order valence-corrected chi connectivity index (χ2v) is 12.5. The van der Waals surface area contributed by atoms with Gasteiger partial charge in [0.2, 0.25) is 5.76 Å². The van der Waals surface area contributed by atoms with Crippen molar-refractivity contribution in [3.8, 4) is 5.75 Å². The van der Waals surface area contributed by atoms with Crippen molar-refractivity contribution in [3.63, 3.8) is 0 Å². The molecule has 1 unspecified atom stereocenters. The Morgan fingerprint density at radius 1 is 0.978 bits per heavy atom. The van der Waals surface area contributed by atoms with Crippen LogP contribution in [0.15, 0.2) is 94.1 Å². The Morgan fingerprint density at radius 3 is 2.60 bits per heavy atom. The quantitative estimate of drug-likeness (QED) is 0.199. The smallest absolute Gasteiger partial charge is 0.297 e. The van der Waals surface area contributed by atoms with Crippen LogP contribution < -0.4 is 20.0 Å². The molecule has 1 spiro atoms. The van der Waals surface area contributed by atoms with E-state index in [9.17, 15) is 9.59 Å². The van der Waals surface area contributed by atoms with Crippen molar-refractivity contribution in [2.24, 2.45) is 0 Å². The van der Waals surface area contributed by atoms with Gasteiger partial charge >= 0.3 is 0 Å². The van der Waals surface area contributed by atoms with Crippen LogP contribution in [0.4, 0.5) is 10.8 Å². The van der Waals surface area contributed by atoms with Crippen LogP contribution >= 0.6 is 22.9 Å². The summed E-state index contributed by atoms with van der Waals surface area (Å²) in [4.78, 5) is 52.1. The van der Waals surface area contributed by atoms with Crippen LogP contribution in [-0.2, 0) is 16.9 Å². The lowest BCUT2D eigenvalue weighted by Crippen LogP contribution is -2.53. The fraction of sp³-hybridized carbons (Fsp3) is 0.143. The molecule has 8 rings (SSSR count). The third kappa shape index (κ3) is 3.84. The Hall–Kier alpha value is -4.99. The fourth-order valence-corrected chi connectivity index (χ4v) is 7.71. The van der Waals surface area contributed by atoms with Gasteiger partial charge in [0.15, 0.2) is 16.1 Å². The molecular formula is C35H24ClN3O5S. The molecule has 0 bridgehead atoms. The molecule has 6 aromatic rings. The Bertz CT molecular complexity index is 2300. The number of thiazole rings is 1. The van der Waals surface area contributed by atoms with Gasteiger partial charge in [-0.2, -0.15) is 0 Å². The first-order chi connectivity index (χ1) is 21.8. The number of fused-ring (bicyclic) bond motifs is 6. The number of aryl methyl sites for hydroxylation is 1. The molecule has 10 heteroatoms. The van der Waals surface area contributed by atoms with E-state index in [1.54, 1.807) is 29.2 Å². The van der Waals surface area contributed by atoms with Crippen molar-refractivity contribution >= 4 is 66.8 Å². The van der Waals surface area contributed by atoms with E-state index in [0.29, 0.717) is 34.1 Å². The molecule has 0 aliphatic carbocycles. The standard InChI is InChI=1S/C35H24ClN3O5S/c1-3-43-22-13-14-25-28(17-22)45-34(37-25)39-32(41)31-29(30(40)23-16-21(36)12-15-27(23)44-31)35(39)24-10-6-7-11-26(24)38(33(35)42)18-20-9-5-4-8-19(20)2/h4-17H,3,18H2,1-2H3. The maximum absolute atomic E-state index is 15.2. The zero-order chi connectivity index (χ0) is 31.0. The molecule has 0 fully saturated rings. The maximum atomic E-state index is 15.2. The summed E-state index contributed by atoms with van der Waals surface area (Å²) in [5.41, 5.74) is 1.49. The van der Waals surface area contributed by atoms with Crippen molar-refractivity contribution < 1.29 is 18.7 Å². The van der Waals surface area contributed by atoms with E-state index in [-0.39, 0.29) is 34.0 Å². The van der Waals surface area contributed by atoms with Crippen molar-refractivity contribution in [2.45, 2.75) is 25.9 Å². The van der Waals surface area contributed by atoms with Crippen LogP contribution in [0, 0.1) is 6.92 Å². The van der Waals surface area contributed by atoms with Gasteiger partial charge in [0.1, 0.15) is 11.3 Å². The normalized spacial score (nSPS) is 17.1. The molecule has 45 heavy (non-hydrogen) atoms. The zero-order valence-electron chi connectivity index (χ0n) is 24.2. The highest BCUT2D eigenvalue weighted by Crippen LogP contribution is 2.55. The fourth-order valence-electron chi connectivity index (χ4n) is 6.49. The number of hydrogen-bond donors (Lipinski definition) is 0. The van der Waals surface area contributed by atoms with Crippen LogP contribution in [0.3, 0.4) is 0 Å². The SMILES string of the molecule is CCOc1ccc2nc(N3C(=O)c4oc5ccc(Cl)cc5c(=O)c4C34C(=O)N(Cc3ccccc3C)c3ccccc34)sc2c1. The third-order valence-corrected chi connectivity index (χ3v) is 9.77. The molecule has 0 radical (unpaired) electrons. The van der Waals surface area contributed by atoms with E-state index in [4.69, 9.17) is 25.7 Å². The third-order valence-electron chi connectivity index (χ3n) is 8.53. The number of halogens is 1. The van der Waals surface area contributed by atoms with E-state index in [1.165, 1.54) is 22.3 Å². The lowest BCUT2D eigenvalue weighted by molar-refractivity contribution is -0.121. The average molecular weight is 634 g/mol. The number of para-hydroxylation sites is 1. The van der Waals surface area contributed by atoms with Crippen LogP contribution in [0.5, 0.6) is 5.75 Å². The Kier molecular flexibility index (Phi) is 6.13. The highest BCUT2D eigenvalue weighted by molar-refractivity contribution is 7.22. The van der Waals surface area contributed by atoms with Gasteiger partial charge in [-0.1, -0.05) is 65.4 Å². The number of ether oxygens (including phenoxy) is 1. The molecule has 2 aromatic heterocycles. The molecular weight excluding hydrogens is 610 g/mol. The number of carbonyl (C=O) groups is 2. The summed E-state index contributed by atoms with van der Waals surface area (Å²) in [7, 11) is 0. The second kappa shape index (κ2) is 10.0. The second-order valence-electron chi connectivity index (χ2n) is 11.0. The lowest BCUT2D eigenvalue weighted by atomic mass is 9.84. The van der Waals surface area contributed by atoms with Crippen LogP contribution in [0.2, 0.25) is 5.02 Å². The summed E-state index contributed by atoms with van der Waals surface area (Å²) in [6.45, 7) is 4.62. The van der Waals surface area contributed by atoms with Crippen molar-refractivity contribution in [1.29, 1.82) is 0 Å².